The second-order valence-electron chi connectivity index (χ2n) is 5.75. The van der Waals surface area contributed by atoms with Crippen molar-refractivity contribution >= 4 is 34.1 Å². The SMILES string of the molecule is Cc1ccc(Nc2nc(Cl)nc3cccc(-c4ccccc4)c23)nc1. The van der Waals surface area contributed by atoms with Crippen LogP contribution in [-0.2, 0) is 0 Å². The summed E-state index contributed by atoms with van der Waals surface area (Å²) in [5.74, 6) is 1.36. The summed E-state index contributed by atoms with van der Waals surface area (Å²) < 4.78 is 0. The summed E-state index contributed by atoms with van der Waals surface area (Å²) in [6, 6.07) is 20.0. The van der Waals surface area contributed by atoms with Gasteiger partial charge < -0.3 is 5.32 Å². The number of pyridine rings is 1. The highest BCUT2D eigenvalue weighted by Gasteiger charge is 2.13. The second kappa shape index (κ2) is 6.49. The highest BCUT2D eigenvalue weighted by atomic mass is 35.5. The van der Waals surface area contributed by atoms with E-state index in [0.717, 1.165) is 27.6 Å². The fourth-order valence-corrected chi connectivity index (χ4v) is 2.94. The van der Waals surface area contributed by atoms with Crippen LogP contribution in [0.15, 0.2) is 66.9 Å². The van der Waals surface area contributed by atoms with Gasteiger partial charge in [-0.3, -0.25) is 0 Å². The summed E-state index contributed by atoms with van der Waals surface area (Å²) in [7, 11) is 0. The molecule has 0 saturated heterocycles. The largest absolute Gasteiger partial charge is 0.324 e. The van der Waals surface area contributed by atoms with Gasteiger partial charge in [0.2, 0.25) is 5.28 Å². The van der Waals surface area contributed by atoms with Crippen molar-refractivity contribution in [3.63, 3.8) is 0 Å². The maximum Gasteiger partial charge on any atom is 0.224 e. The van der Waals surface area contributed by atoms with E-state index in [2.05, 4.69) is 38.5 Å². The van der Waals surface area contributed by atoms with Crippen LogP contribution >= 0.6 is 11.6 Å². The molecule has 0 spiro atoms. The molecule has 25 heavy (non-hydrogen) atoms. The van der Waals surface area contributed by atoms with Crippen molar-refractivity contribution < 1.29 is 0 Å². The Hall–Kier alpha value is -2.98. The monoisotopic (exact) mass is 346 g/mol. The Morgan fingerprint density at radius 3 is 2.48 bits per heavy atom. The zero-order valence-electron chi connectivity index (χ0n) is 13.6. The summed E-state index contributed by atoms with van der Waals surface area (Å²) in [5, 5.41) is 4.40. The number of rotatable bonds is 3. The van der Waals surface area contributed by atoms with Gasteiger partial charge >= 0.3 is 0 Å². The van der Waals surface area contributed by atoms with Gasteiger partial charge in [-0.1, -0.05) is 48.5 Å². The van der Waals surface area contributed by atoms with Gasteiger partial charge in [0, 0.05) is 6.20 Å². The van der Waals surface area contributed by atoms with Crippen molar-refractivity contribution in [1.29, 1.82) is 0 Å². The lowest BCUT2D eigenvalue weighted by Crippen LogP contribution is -2.00. The van der Waals surface area contributed by atoms with E-state index < -0.39 is 0 Å². The van der Waals surface area contributed by atoms with Crippen molar-refractivity contribution in [3.05, 3.63) is 77.7 Å². The molecule has 0 atom stereocenters. The third-order valence-electron chi connectivity index (χ3n) is 3.94. The van der Waals surface area contributed by atoms with Crippen LogP contribution in [0.3, 0.4) is 0 Å². The standard InChI is InChI=1S/C20H15ClN4/c1-13-10-11-17(22-12-13)24-19-18-15(14-6-3-2-4-7-14)8-5-9-16(18)23-20(21)25-19/h2-12H,1H3,(H,22,23,24,25). The van der Waals surface area contributed by atoms with E-state index in [9.17, 15) is 0 Å². The van der Waals surface area contributed by atoms with Crippen LogP contribution in [0.4, 0.5) is 11.6 Å². The van der Waals surface area contributed by atoms with E-state index in [-0.39, 0.29) is 5.28 Å². The van der Waals surface area contributed by atoms with E-state index >= 15 is 0 Å². The van der Waals surface area contributed by atoms with E-state index in [1.807, 2.05) is 55.6 Å². The normalized spacial score (nSPS) is 10.8. The van der Waals surface area contributed by atoms with E-state index in [4.69, 9.17) is 11.6 Å². The number of aryl methyl sites for hydroxylation is 1. The predicted molar refractivity (Wildman–Crippen MR) is 102 cm³/mol. The number of halogens is 1. The highest BCUT2D eigenvalue weighted by molar-refractivity contribution is 6.29. The molecule has 2 aromatic carbocycles. The van der Waals surface area contributed by atoms with Crippen molar-refractivity contribution in [2.75, 3.05) is 5.32 Å². The quantitative estimate of drug-likeness (QED) is 0.505. The number of aromatic nitrogens is 3. The van der Waals surface area contributed by atoms with Crippen LogP contribution in [0.1, 0.15) is 5.56 Å². The lowest BCUT2D eigenvalue weighted by atomic mass is 10.0. The van der Waals surface area contributed by atoms with Gasteiger partial charge in [-0.25, -0.2) is 9.97 Å². The first kappa shape index (κ1) is 15.5. The third-order valence-corrected chi connectivity index (χ3v) is 4.11. The average molecular weight is 347 g/mol. The van der Waals surface area contributed by atoms with Gasteiger partial charge in [0.1, 0.15) is 11.6 Å². The van der Waals surface area contributed by atoms with Crippen molar-refractivity contribution in [1.82, 2.24) is 15.0 Å². The molecule has 1 N–H and O–H groups in total. The van der Waals surface area contributed by atoms with Gasteiger partial charge in [-0.2, -0.15) is 4.98 Å². The molecule has 2 heterocycles. The molecule has 4 nitrogen and oxygen atoms in total. The van der Waals surface area contributed by atoms with Gasteiger partial charge in [0.15, 0.2) is 0 Å². The summed E-state index contributed by atoms with van der Waals surface area (Å²) >= 11 is 6.13. The molecule has 2 aromatic heterocycles. The first-order chi connectivity index (χ1) is 12.2. The maximum absolute atomic E-state index is 6.13. The van der Waals surface area contributed by atoms with Crippen molar-refractivity contribution in [3.8, 4) is 11.1 Å². The Morgan fingerprint density at radius 1 is 0.880 bits per heavy atom. The van der Waals surface area contributed by atoms with Gasteiger partial charge in [0.25, 0.3) is 0 Å². The molecule has 4 rings (SSSR count). The van der Waals surface area contributed by atoms with Crippen LogP contribution < -0.4 is 5.32 Å². The molecule has 122 valence electrons. The topological polar surface area (TPSA) is 50.7 Å². The van der Waals surface area contributed by atoms with Crippen LogP contribution in [0.25, 0.3) is 22.0 Å². The molecular formula is C20H15ClN4. The van der Waals surface area contributed by atoms with Gasteiger partial charge in [0.05, 0.1) is 10.9 Å². The third kappa shape index (κ3) is 3.16. The maximum atomic E-state index is 6.13. The minimum atomic E-state index is 0.201. The molecule has 0 fully saturated rings. The zero-order valence-corrected chi connectivity index (χ0v) is 14.3. The van der Waals surface area contributed by atoms with Crippen molar-refractivity contribution in [2.45, 2.75) is 6.92 Å². The Kier molecular flexibility index (Phi) is 4.04. The Bertz CT molecular complexity index is 1030. The molecule has 4 aromatic rings. The average Bonchev–Trinajstić information content (AvgIpc) is 2.63. The fraction of sp³-hybridized carbons (Fsp3) is 0.0500. The lowest BCUT2D eigenvalue weighted by Gasteiger charge is -2.12. The van der Waals surface area contributed by atoms with Crippen LogP contribution in [0.5, 0.6) is 0 Å². The molecule has 0 amide bonds. The minimum absolute atomic E-state index is 0.201. The van der Waals surface area contributed by atoms with Crippen LogP contribution in [0.2, 0.25) is 5.28 Å². The van der Waals surface area contributed by atoms with Crippen LogP contribution in [0, 0.1) is 6.92 Å². The lowest BCUT2D eigenvalue weighted by molar-refractivity contribution is 1.19. The Labute approximate surface area is 150 Å². The predicted octanol–water partition coefficient (Wildman–Crippen LogP) is 5.40. The molecule has 0 aliphatic carbocycles. The van der Waals surface area contributed by atoms with E-state index in [1.165, 1.54) is 0 Å². The molecule has 0 unspecified atom stereocenters. The number of nitrogens with zero attached hydrogens (tertiary/aromatic N) is 3. The van der Waals surface area contributed by atoms with Crippen LogP contribution in [-0.4, -0.2) is 15.0 Å². The Morgan fingerprint density at radius 2 is 1.72 bits per heavy atom. The number of benzene rings is 2. The van der Waals surface area contributed by atoms with Gasteiger partial charge in [-0.05, 0) is 47.3 Å². The van der Waals surface area contributed by atoms with Gasteiger partial charge in [-0.15, -0.1) is 0 Å². The molecule has 0 saturated carbocycles. The first-order valence-corrected chi connectivity index (χ1v) is 8.30. The number of hydrogen-bond acceptors (Lipinski definition) is 4. The zero-order chi connectivity index (χ0) is 17.2. The van der Waals surface area contributed by atoms with E-state index in [1.54, 1.807) is 0 Å². The molecule has 0 aliphatic rings. The molecule has 0 bridgehead atoms. The number of hydrogen-bond donors (Lipinski definition) is 1. The molecule has 5 heteroatoms. The number of nitrogens with one attached hydrogen (secondary N) is 1. The summed E-state index contributed by atoms with van der Waals surface area (Å²) in [6.07, 6.45) is 1.81. The molecular weight excluding hydrogens is 332 g/mol. The fourth-order valence-electron chi connectivity index (χ4n) is 2.77. The summed E-state index contributed by atoms with van der Waals surface area (Å²) in [4.78, 5) is 13.2. The smallest absolute Gasteiger partial charge is 0.224 e. The minimum Gasteiger partial charge on any atom is -0.324 e. The second-order valence-corrected chi connectivity index (χ2v) is 6.09. The number of anilines is 2. The Balaban J connectivity index is 1.92. The molecule has 0 aliphatic heterocycles. The number of fused-ring (bicyclic) bond motifs is 1. The summed E-state index contributed by atoms with van der Waals surface area (Å²) in [6.45, 7) is 2.00. The van der Waals surface area contributed by atoms with E-state index in [0.29, 0.717) is 11.6 Å². The molecule has 0 radical (unpaired) electrons. The van der Waals surface area contributed by atoms with Crippen molar-refractivity contribution in [2.24, 2.45) is 0 Å². The highest BCUT2D eigenvalue weighted by Crippen LogP contribution is 2.34. The summed E-state index contributed by atoms with van der Waals surface area (Å²) in [5.41, 5.74) is 4.03. The first-order valence-electron chi connectivity index (χ1n) is 7.92.